The smallest absolute Gasteiger partial charge is 0.243 e. The SMILES string of the molecule is CC1CCCN(S(=O)(=O)c2ccc(NC(=O)CS(=O)(=O)Cc3ccc(Cl)cc3)cc2)C1. The zero-order valence-electron chi connectivity index (χ0n) is 17.1. The average Bonchev–Trinajstić information content (AvgIpc) is 2.69. The number of carbonyl (C=O) groups is 1. The van der Waals surface area contributed by atoms with Crippen LogP contribution < -0.4 is 5.32 Å². The van der Waals surface area contributed by atoms with E-state index >= 15 is 0 Å². The monoisotopic (exact) mass is 484 g/mol. The predicted octanol–water partition coefficient (Wildman–Crippen LogP) is 3.31. The Labute approximate surface area is 188 Å². The summed E-state index contributed by atoms with van der Waals surface area (Å²) in [5, 5.41) is 3.01. The summed E-state index contributed by atoms with van der Waals surface area (Å²) in [7, 11) is -7.27. The van der Waals surface area contributed by atoms with Crippen molar-refractivity contribution >= 4 is 43.1 Å². The summed E-state index contributed by atoms with van der Waals surface area (Å²) in [6, 6.07) is 12.1. The molecule has 0 aromatic heterocycles. The number of sulfonamides is 1. The Bertz CT molecular complexity index is 1130. The third-order valence-electron chi connectivity index (χ3n) is 5.05. The molecule has 10 heteroatoms. The topological polar surface area (TPSA) is 101 Å². The van der Waals surface area contributed by atoms with Crippen molar-refractivity contribution in [2.75, 3.05) is 24.2 Å². The molecule has 1 aliphatic rings. The zero-order valence-corrected chi connectivity index (χ0v) is 19.5. The fourth-order valence-corrected chi connectivity index (χ4v) is 6.50. The van der Waals surface area contributed by atoms with Gasteiger partial charge in [-0.25, -0.2) is 16.8 Å². The van der Waals surface area contributed by atoms with E-state index in [1.165, 1.54) is 28.6 Å². The van der Waals surface area contributed by atoms with E-state index in [2.05, 4.69) is 5.32 Å². The largest absolute Gasteiger partial charge is 0.325 e. The first-order chi connectivity index (χ1) is 14.5. The molecule has 2 aromatic rings. The number of rotatable bonds is 7. The molecule has 1 atom stereocenters. The molecule has 0 bridgehead atoms. The fourth-order valence-electron chi connectivity index (χ4n) is 3.51. The van der Waals surface area contributed by atoms with Crippen molar-refractivity contribution in [3.05, 3.63) is 59.1 Å². The molecule has 0 spiro atoms. The Balaban J connectivity index is 1.61. The predicted molar refractivity (Wildman–Crippen MR) is 121 cm³/mol. The van der Waals surface area contributed by atoms with Crippen LogP contribution in [0.25, 0.3) is 0 Å². The van der Waals surface area contributed by atoms with Gasteiger partial charge in [0.15, 0.2) is 9.84 Å². The molecule has 3 rings (SSSR count). The summed E-state index contributed by atoms with van der Waals surface area (Å²) < 4.78 is 51.7. The van der Waals surface area contributed by atoms with Gasteiger partial charge in [0.25, 0.3) is 0 Å². The molecule has 1 saturated heterocycles. The molecular formula is C21H25ClN2O5S2. The van der Waals surface area contributed by atoms with Gasteiger partial charge in [0.1, 0.15) is 5.75 Å². The van der Waals surface area contributed by atoms with Gasteiger partial charge in [-0.2, -0.15) is 4.31 Å². The first-order valence-corrected chi connectivity index (χ1v) is 13.5. The van der Waals surface area contributed by atoms with Crippen molar-refractivity contribution in [2.45, 2.75) is 30.4 Å². The van der Waals surface area contributed by atoms with Crippen molar-refractivity contribution in [1.82, 2.24) is 4.31 Å². The van der Waals surface area contributed by atoms with Crippen molar-refractivity contribution in [2.24, 2.45) is 5.92 Å². The molecule has 1 amide bonds. The zero-order chi connectivity index (χ0) is 22.6. The Morgan fingerprint density at radius 1 is 1.06 bits per heavy atom. The van der Waals surface area contributed by atoms with Gasteiger partial charge in [-0.05, 0) is 60.7 Å². The molecule has 1 fully saturated rings. The Kier molecular flexibility index (Phi) is 7.41. The van der Waals surface area contributed by atoms with E-state index in [-0.39, 0.29) is 10.6 Å². The average molecular weight is 485 g/mol. The summed E-state index contributed by atoms with van der Waals surface area (Å²) in [4.78, 5) is 12.3. The molecule has 1 N–H and O–H groups in total. The van der Waals surface area contributed by atoms with E-state index in [4.69, 9.17) is 11.6 Å². The highest BCUT2D eigenvalue weighted by molar-refractivity contribution is 7.91. The van der Waals surface area contributed by atoms with Crippen LogP contribution in [0.15, 0.2) is 53.4 Å². The van der Waals surface area contributed by atoms with Gasteiger partial charge in [0, 0.05) is 23.8 Å². The molecule has 0 saturated carbocycles. The maximum atomic E-state index is 12.8. The normalized spacial score (nSPS) is 17.9. The van der Waals surface area contributed by atoms with Crippen molar-refractivity contribution in [3.8, 4) is 0 Å². The molecule has 7 nitrogen and oxygen atoms in total. The molecule has 168 valence electrons. The first kappa shape index (κ1) is 23.7. The number of halogens is 1. The van der Waals surface area contributed by atoms with Gasteiger partial charge in [-0.15, -0.1) is 0 Å². The van der Waals surface area contributed by atoms with Gasteiger partial charge >= 0.3 is 0 Å². The minimum atomic E-state index is -3.68. The van der Waals surface area contributed by atoms with Gasteiger partial charge in [0.05, 0.1) is 10.6 Å². The van der Waals surface area contributed by atoms with Crippen LogP contribution in [0.4, 0.5) is 5.69 Å². The molecule has 2 aromatic carbocycles. The van der Waals surface area contributed by atoms with Crippen LogP contribution in [0.1, 0.15) is 25.3 Å². The van der Waals surface area contributed by atoms with Crippen LogP contribution >= 0.6 is 11.6 Å². The van der Waals surface area contributed by atoms with Gasteiger partial charge < -0.3 is 5.32 Å². The maximum Gasteiger partial charge on any atom is 0.243 e. The summed E-state index contributed by atoms with van der Waals surface area (Å²) in [6.45, 7) is 3.02. The Hall–Kier alpha value is -1.94. The van der Waals surface area contributed by atoms with E-state index in [0.717, 1.165) is 12.8 Å². The maximum absolute atomic E-state index is 12.8. The first-order valence-electron chi connectivity index (χ1n) is 9.90. The number of carbonyl (C=O) groups excluding carboxylic acids is 1. The summed E-state index contributed by atoms with van der Waals surface area (Å²) >= 11 is 5.79. The number of sulfone groups is 1. The molecule has 0 aliphatic carbocycles. The summed E-state index contributed by atoms with van der Waals surface area (Å²) in [5.74, 6) is -1.32. The van der Waals surface area contributed by atoms with Crippen LogP contribution in [0.2, 0.25) is 5.02 Å². The second-order valence-electron chi connectivity index (χ2n) is 7.84. The Morgan fingerprint density at radius 3 is 2.32 bits per heavy atom. The van der Waals surface area contributed by atoms with E-state index in [0.29, 0.717) is 35.3 Å². The summed E-state index contributed by atoms with van der Waals surface area (Å²) in [5.41, 5.74) is 0.872. The molecule has 1 unspecified atom stereocenters. The molecule has 1 heterocycles. The van der Waals surface area contributed by atoms with Gasteiger partial charge in [-0.3, -0.25) is 4.79 Å². The highest BCUT2D eigenvalue weighted by Crippen LogP contribution is 2.24. The fraction of sp³-hybridized carbons (Fsp3) is 0.381. The lowest BCUT2D eigenvalue weighted by Gasteiger charge is -2.30. The second kappa shape index (κ2) is 9.68. The standard InChI is InChI=1S/C21H25ClN2O5S2/c1-16-3-2-12-24(13-16)31(28,29)20-10-8-19(9-11-20)23-21(25)15-30(26,27)14-17-4-6-18(22)7-5-17/h4-11,16H,2-3,12-15H2,1H3,(H,23,25). The third kappa shape index (κ3) is 6.52. The van der Waals surface area contributed by atoms with Gasteiger partial charge in [0.2, 0.25) is 15.9 Å². The van der Waals surface area contributed by atoms with Crippen LogP contribution in [0.3, 0.4) is 0 Å². The number of hydrogen-bond donors (Lipinski definition) is 1. The van der Waals surface area contributed by atoms with Crippen LogP contribution in [0.5, 0.6) is 0 Å². The number of piperidine rings is 1. The van der Waals surface area contributed by atoms with Crippen molar-refractivity contribution in [1.29, 1.82) is 0 Å². The van der Waals surface area contributed by atoms with E-state index in [1.54, 1.807) is 24.3 Å². The number of amides is 1. The lowest BCUT2D eigenvalue weighted by atomic mass is 10.0. The molecule has 1 aliphatic heterocycles. The minimum Gasteiger partial charge on any atom is -0.325 e. The van der Waals surface area contributed by atoms with Gasteiger partial charge in [-0.1, -0.05) is 30.7 Å². The number of hydrogen-bond acceptors (Lipinski definition) is 5. The van der Waals surface area contributed by atoms with E-state index in [1.807, 2.05) is 6.92 Å². The van der Waals surface area contributed by atoms with E-state index in [9.17, 15) is 21.6 Å². The number of anilines is 1. The van der Waals surface area contributed by atoms with Crippen LogP contribution in [0, 0.1) is 5.92 Å². The lowest BCUT2D eigenvalue weighted by molar-refractivity contribution is -0.113. The quantitative estimate of drug-likeness (QED) is 0.649. The molecule has 0 radical (unpaired) electrons. The second-order valence-corrected chi connectivity index (χ2v) is 12.3. The number of benzene rings is 2. The third-order valence-corrected chi connectivity index (χ3v) is 8.65. The number of nitrogens with zero attached hydrogens (tertiary/aromatic N) is 1. The molecule has 31 heavy (non-hydrogen) atoms. The highest BCUT2D eigenvalue weighted by Gasteiger charge is 2.28. The van der Waals surface area contributed by atoms with Crippen molar-refractivity contribution in [3.63, 3.8) is 0 Å². The summed E-state index contributed by atoms with van der Waals surface area (Å²) in [6.07, 6.45) is 1.84. The molecular weight excluding hydrogens is 460 g/mol. The Morgan fingerprint density at radius 2 is 1.71 bits per heavy atom. The van der Waals surface area contributed by atoms with Crippen molar-refractivity contribution < 1.29 is 21.6 Å². The van der Waals surface area contributed by atoms with Crippen LogP contribution in [-0.2, 0) is 30.4 Å². The van der Waals surface area contributed by atoms with E-state index < -0.39 is 31.5 Å². The lowest BCUT2D eigenvalue weighted by Crippen LogP contribution is -2.39. The number of nitrogens with one attached hydrogen (secondary N) is 1. The van der Waals surface area contributed by atoms with Crippen LogP contribution in [-0.4, -0.2) is 45.9 Å². The highest BCUT2D eigenvalue weighted by atomic mass is 35.5. The minimum absolute atomic E-state index is 0.148.